The van der Waals surface area contributed by atoms with E-state index in [4.69, 9.17) is 18.6 Å². The summed E-state index contributed by atoms with van der Waals surface area (Å²) in [5, 5.41) is 0. The molecule has 2 aliphatic heterocycles. The standard InChI is InChI=1S/C106H84B2O4/c1-103(2)104(3,4)110-107(109-103)81-57-47-69(48-58-81)63-93-85-45-29-27-43-83(85)87-61-55-79(65-95(87)93)91-67-89(71-31-15-9-16-32-71)99(101(75-39-23-13-24-40-75)97(91)73-35-19-11-20-36-73)77-51-53-78(54-52-77)100-90(72-33-17-10-18-34-72)68-92(98(74-37-21-12-22-38-74)102(100)76-41-25-14-26-42-76)80-56-62-88-84-44-28-30-46-86(84)94(96(88)66-80)64-70-49-59-82(60-50-70)108-111-105(5,6)106(7,8)112-108/h9-68H,1-8H3/b93-63+,94-64+. The Morgan fingerprint density at radius 1 is 0.188 bits per heavy atom. The minimum absolute atomic E-state index is 0.435. The molecular weight excluding hydrogens is 1360 g/mol. The first kappa shape index (κ1) is 70.2. The van der Waals surface area contributed by atoms with Crippen molar-refractivity contribution < 1.29 is 18.6 Å². The molecule has 19 rings (SSSR count). The van der Waals surface area contributed by atoms with Gasteiger partial charge in [0.15, 0.2) is 0 Å². The monoisotopic (exact) mass is 1440 g/mol. The highest BCUT2D eigenvalue weighted by atomic mass is 16.7. The van der Waals surface area contributed by atoms with Crippen molar-refractivity contribution in [2.24, 2.45) is 0 Å². The van der Waals surface area contributed by atoms with Crippen molar-refractivity contribution in [2.45, 2.75) is 77.8 Å². The van der Waals surface area contributed by atoms with E-state index in [0.717, 1.165) is 133 Å². The molecule has 0 aromatic heterocycles. The van der Waals surface area contributed by atoms with Crippen LogP contribution in [0.25, 0.3) is 157 Å². The number of rotatable bonds is 14. The maximum atomic E-state index is 6.51. The predicted octanol–water partition coefficient (Wildman–Crippen LogP) is 26.1. The molecular formula is C106H84B2O4. The molecule has 2 aliphatic carbocycles. The Kier molecular flexibility index (Phi) is 17.5. The molecule has 6 heteroatoms. The fourth-order valence-electron chi connectivity index (χ4n) is 17.1. The lowest BCUT2D eigenvalue weighted by atomic mass is 9.77. The van der Waals surface area contributed by atoms with Crippen LogP contribution in [0, 0.1) is 0 Å². The van der Waals surface area contributed by atoms with Crippen LogP contribution in [0.4, 0.5) is 0 Å². The van der Waals surface area contributed by atoms with E-state index in [9.17, 15) is 0 Å². The van der Waals surface area contributed by atoms with E-state index >= 15 is 0 Å². The van der Waals surface area contributed by atoms with E-state index < -0.39 is 36.6 Å². The minimum Gasteiger partial charge on any atom is -0.399 e. The van der Waals surface area contributed by atoms with Gasteiger partial charge in [-0.25, -0.2) is 0 Å². The lowest BCUT2D eigenvalue weighted by molar-refractivity contribution is 0.00578. The molecule has 4 nitrogen and oxygen atoms in total. The topological polar surface area (TPSA) is 36.9 Å². The summed E-state index contributed by atoms with van der Waals surface area (Å²) in [6.07, 6.45) is 4.71. The molecule has 0 bridgehead atoms. The first-order chi connectivity index (χ1) is 54.5. The molecule has 2 heterocycles. The molecule has 15 aromatic carbocycles. The Bertz CT molecular complexity index is 5770. The van der Waals surface area contributed by atoms with Crippen LogP contribution in [0.15, 0.2) is 352 Å². The van der Waals surface area contributed by atoms with Crippen molar-refractivity contribution in [2.75, 3.05) is 0 Å². The van der Waals surface area contributed by atoms with Crippen LogP contribution in [0.3, 0.4) is 0 Å². The van der Waals surface area contributed by atoms with Gasteiger partial charge >= 0.3 is 14.2 Å². The molecule has 0 amide bonds. The van der Waals surface area contributed by atoms with E-state index in [-0.39, 0.29) is 0 Å². The smallest absolute Gasteiger partial charge is 0.399 e. The third kappa shape index (κ3) is 12.4. The van der Waals surface area contributed by atoms with E-state index in [1.165, 1.54) is 55.7 Å². The zero-order valence-corrected chi connectivity index (χ0v) is 64.4. The Morgan fingerprint density at radius 2 is 0.420 bits per heavy atom. The SMILES string of the molecule is CC1(C)OB(c2ccc(/C=C3\c4ccccc4-c4ccc(-c5cc(-c6ccccc6)c(-c6ccc(-c7c(-c8ccccc8)cc(-c8ccc9c(c8)/C(=C/c8ccc(B%10OC(C)(C)C(C)(C)O%10)cc8)c8ccccc8-9)c(-c8ccccc8)c7-c7ccccc7)cc6)c(-c6ccccc6)c5-c5ccccc5)cc43)cc2)OC1(C)C. The van der Waals surface area contributed by atoms with Crippen LogP contribution in [-0.2, 0) is 18.6 Å². The average molecular weight is 1440 g/mol. The molecule has 0 saturated carbocycles. The van der Waals surface area contributed by atoms with Crippen molar-refractivity contribution in [3.8, 4) is 134 Å². The number of hydrogen-bond acceptors (Lipinski definition) is 4. The molecule has 538 valence electrons. The highest BCUT2D eigenvalue weighted by Gasteiger charge is 2.53. The van der Waals surface area contributed by atoms with Gasteiger partial charge in [-0.3, -0.25) is 0 Å². The van der Waals surface area contributed by atoms with E-state index in [0.29, 0.717) is 0 Å². The summed E-state index contributed by atoms with van der Waals surface area (Å²) in [5.41, 5.74) is 37.4. The van der Waals surface area contributed by atoms with Gasteiger partial charge in [-0.05, 0) is 281 Å². The van der Waals surface area contributed by atoms with E-state index in [2.05, 4.69) is 419 Å². The maximum Gasteiger partial charge on any atom is 0.494 e. The normalized spacial score (nSPS) is 16.0. The van der Waals surface area contributed by atoms with Gasteiger partial charge in [-0.15, -0.1) is 0 Å². The van der Waals surface area contributed by atoms with E-state index in [1.807, 2.05) is 0 Å². The second-order valence-corrected chi connectivity index (χ2v) is 32.2. The average Bonchev–Trinajstić information content (AvgIpc) is 1.05. The van der Waals surface area contributed by atoms with Gasteiger partial charge in [-0.2, -0.15) is 0 Å². The van der Waals surface area contributed by atoms with Crippen molar-refractivity contribution in [3.63, 3.8) is 0 Å². The van der Waals surface area contributed by atoms with Crippen LogP contribution in [0.1, 0.15) is 88.8 Å². The maximum absolute atomic E-state index is 6.51. The molecule has 112 heavy (non-hydrogen) atoms. The Hall–Kier alpha value is -12.3. The summed E-state index contributed by atoms with van der Waals surface area (Å²) < 4.78 is 26.0. The quantitative estimate of drug-likeness (QED) is 0.102. The number of hydrogen-bond donors (Lipinski definition) is 0. The summed E-state index contributed by atoms with van der Waals surface area (Å²) in [5.74, 6) is 0. The van der Waals surface area contributed by atoms with Gasteiger partial charge in [-0.1, -0.05) is 328 Å². The number of benzene rings is 15. The third-order valence-corrected chi connectivity index (χ3v) is 24.3. The van der Waals surface area contributed by atoms with Crippen molar-refractivity contribution >= 4 is 48.5 Å². The predicted molar refractivity (Wildman–Crippen MR) is 470 cm³/mol. The summed E-state index contributed by atoms with van der Waals surface area (Å²) in [6.45, 7) is 16.8. The van der Waals surface area contributed by atoms with Crippen LogP contribution < -0.4 is 10.9 Å². The molecule has 4 aliphatic rings. The third-order valence-electron chi connectivity index (χ3n) is 24.3. The molecule has 0 spiro atoms. The van der Waals surface area contributed by atoms with Crippen molar-refractivity contribution in [1.82, 2.24) is 0 Å². The fourth-order valence-corrected chi connectivity index (χ4v) is 17.1. The molecule has 0 atom stereocenters. The van der Waals surface area contributed by atoms with Gasteiger partial charge in [0.25, 0.3) is 0 Å². The van der Waals surface area contributed by atoms with Gasteiger partial charge in [0.05, 0.1) is 22.4 Å². The second-order valence-electron chi connectivity index (χ2n) is 32.2. The Balaban J connectivity index is 0.790. The first-order valence-corrected chi connectivity index (χ1v) is 39.2. The molecule has 0 radical (unpaired) electrons. The zero-order valence-electron chi connectivity index (χ0n) is 64.4. The summed E-state index contributed by atoms with van der Waals surface area (Å²) in [7, 11) is -0.887. The molecule has 0 N–H and O–H groups in total. The van der Waals surface area contributed by atoms with Crippen molar-refractivity contribution in [3.05, 3.63) is 385 Å². The summed E-state index contributed by atoms with van der Waals surface area (Å²) in [4.78, 5) is 0. The molecule has 15 aromatic rings. The Morgan fingerprint density at radius 3 is 0.723 bits per heavy atom. The molecule has 0 unspecified atom stereocenters. The first-order valence-electron chi connectivity index (χ1n) is 39.2. The van der Waals surface area contributed by atoms with Crippen LogP contribution >= 0.6 is 0 Å². The van der Waals surface area contributed by atoms with Crippen LogP contribution in [-0.4, -0.2) is 36.6 Å². The lowest BCUT2D eigenvalue weighted by Crippen LogP contribution is -2.41. The summed E-state index contributed by atoms with van der Waals surface area (Å²) >= 11 is 0. The second kappa shape index (κ2) is 27.9. The van der Waals surface area contributed by atoms with Gasteiger partial charge < -0.3 is 18.6 Å². The van der Waals surface area contributed by atoms with Crippen molar-refractivity contribution in [1.29, 1.82) is 0 Å². The fraction of sp³-hybridized carbons (Fsp3) is 0.113. The van der Waals surface area contributed by atoms with Gasteiger partial charge in [0.2, 0.25) is 0 Å². The van der Waals surface area contributed by atoms with Crippen LogP contribution in [0.5, 0.6) is 0 Å². The summed E-state index contributed by atoms with van der Waals surface area (Å²) in [6, 6.07) is 130. The number of fused-ring (bicyclic) bond motifs is 6. The molecule has 2 fully saturated rings. The Labute approximate surface area is 659 Å². The van der Waals surface area contributed by atoms with Gasteiger partial charge in [0.1, 0.15) is 0 Å². The van der Waals surface area contributed by atoms with E-state index in [1.54, 1.807) is 0 Å². The van der Waals surface area contributed by atoms with Crippen LogP contribution in [0.2, 0.25) is 0 Å². The minimum atomic E-state index is -0.443. The van der Waals surface area contributed by atoms with Gasteiger partial charge in [0, 0.05) is 0 Å². The lowest BCUT2D eigenvalue weighted by Gasteiger charge is -2.32. The highest BCUT2D eigenvalue weighted by Crippen LogP contribution is 2.56. The highest BCUT2D eigenvalue weighted by molar-refractivity contribution is 6.62. The molecule has 2 saturated heterocycles. The zero-order chi connectivity index (χ0) is 76.0. The largest absolute Gasteiger partial charge is 0.494 e.